The quantitative estimate of drug-likeness (QED) is 0.811. The summed E-state index contributed by atoms with van der Waals surface area (Å²) in [7, 11) is 0. The van der Waals surface area contributed by atoms with Crippen LogP contribution in [0.15, 0.2) is 42.5 Å². The van der Waals surface area contributed by atoms with Gasteiger partial charge in [0.1, 0.15) is 5.75 Å². The zero-order chi connectivity index (χ0) is 16.2. The molecule has 3 N–H and O–H groups in total. The summed E-state index contributed by atoms with van der Waals surface area (Å²) in [6.45, 7) is 0. The van der Waals surface area contributed by atoms with Crippen molar-refractivity contribution in [2.24, 2.45) is 0 Å². The van der Waals surface area contributed by atoms with Gasteiger partial charge in [-0.15, -0.1) is 0 Å². The van der Waals surface area contributed by atoms with Crippen molar-refractivity contribution in [2.75, 3.05) is 11.1 Å². The van der Waals surface area contributed by atoms with Crippen LogP contribution in [0.3, 0.4) is 0 Å². The van der Waals surface area contributed by atoms with Crippen molar-refractivity contribution in [3.05, 3.63) is 53.1 Å². The van der Waals surface area contributed by atoms with Crippen LogP contribution in [-0.2, 0) is 0 Å². The Morgan fingerprint density at radius 2 is 1.96 bits per heavy atom. The van der Waals surface area contributed by atoms with Crippen LogP contribution in [0.1, 0.15) is 36.0 Å². The highest BCUT2D eigenvalue weighted by Crippen LogP contribution is 2.31. The zero-order valence-electron chi connectivity index (χ0n) is 12.7. The SMILES string of the molecule is Nc1cccc(C(=O)Nc2ccc(OC3CCCC3)c(Cl)c2)c1. The number of anilines is 2. The van der Waals surface area contributed by atoms with Crippen LogP contribution >= 0.6 is 11.6 Å². The summed E-state index contributed by atoms with van der Waals surface area (Å²) >= 11 is 6.27. The Morgan fingerprint density at radius 3 is 2.65 bits per heavy atom. The molecule has 2 aromatic rings. The molecule has 1 fully saturated rings. The van der Waals surface area contributed by atoms with E-state index >= 15 is 0 Å². The van der Waals surface area contributed by atoms with E-state index in [-0.39, 0.29) is 12.0 Å². The Bertz CT molecular complexity index is 712. The molecule has 0 unspecified atom stereocenters. The van der Waals surface area contributed by atoms with Crippen molar-refractivity contribution in [1.29, 1.82) is 0 Å². The second-order valence-corrected chi connectivity index (χ2v) is 6.16. The average molecular weight is 331 g/mol. The van der Waals surface area contributed by atoms with Gasteiger partial charge in [0.15, 0.2) is 0 Å². The molecule has 0 spiro atoms. The molecule has 2 aromatic carbocycles. The molecule has 0 heterocycles. The third kappa shape index (κ3) is 3.96. The highest BCUT2D eigenvalue weighted by atomic mass is 35.5. The Hall–Kier alpha value is -2.20. The summed E-state index contributed by atoms with van der Waals surface area (Å²) in [6, 6.07) is 12.1. The smallest absolute Gasteiger partial charge is 0.255 e. The molecule has 23 heavy (non-hydrogen) atoms. The lowest BCUT2D eigenvalue weighted by atomic mass is 10.2. The highest BCUT2D eigenvalue weighted by Gasteiger charge is 2.18. The third-order valence-electron chi connectivity index (χ3n) is 3.93. The van der Waals surface area contributed by atoms with Gasteiger partial charge in [0, 0.05) is 16.9 Å². The molecule has 0 radical (unpaired) electrons. The van der Waals surface area contributed by atoms with Gasteiger partial charge in [-0.1, -0.05) is 17.7 Å². The van der Waals surface area contributed by atoms with Crippen molar-refractivity contribution < 1.29 is 9.53 Å². The Morgan fingerprint density at radius 1 is 1.17 bits per heavy atom. The predicted molar refractivity (Wildman–Crippen MR) is 93.1 cm³/mol. The summed E-state index contributed by atoms with van der Waals surface area (Å²) in [6.07, 6.45) is 4.81. The van der Waals surface area contributed by atoms with E-state index < -0.39 is 0 Å². The van der Waals surface area contributed by atoms with Gasteiger partial charge in [-0.2, -0.15) is 0 Å². The van der Waals surface area contributed by atoms with Crippen molar-refractivity contribution in [2.45, 2.75) is 31.8 Å². The van der Waals surface area contributed by atoms with Gasteiger partial charge in [0.05, 0.1) is 11.1 Å². The largest absolute Gasteiger partial charge is 0.489 e. The van der Waals surface area contributed by atoms with E-state index in [1.54, 1.807) is 42.5 Å². The minimum Gasteiger partial charge on any atom is -0.489 e. The molecule has 0 saturated heterocycles. The lowest BCUT2D eigenvalue weighted by Crippen LogP contribution is -2.13. The van der Waals surface area contributed by atoms with E-state index in [1.807, 2.05) is 0 Å². The second-order valence-electron chi connectivity index (χ2n) is 5.75. The Labute approximate surface area is 140 Å². The summed E-state index contributed by atoms with van der Waals surface area (Å²) in [5.74, 6) is 0.443. The number of halogens is 1. The maximum atomic E-state index is 12.2. The number of nitrogens with two attached hydrogens (primary N) is 1. The number of ether oxygens (including phenoxy) is 1. The van der Waals surface area contributed by atoms with Gasteiger partial charge >= 0.3 is 0 Å². The van der Waals surface area contributed by atoms with Crippen molar-refractivity contribution in [1.82, 2.24) is 0 Å². The number of amides is 1. The molecule has 4 nitrogen and oxygen atoms in total. The van der Waals surface area contributed by atoms with E-state index in [2.05, 4.69) is 5.32 Å². The van der Waals surface area contributed by atoms with Gasteiger partial charge in [-0.25, -0.2) is 0 Å². The fourth-order valence-corrected chi connectivity index (χ4v) is 2.97. The van der Waals surface area contributed by atoms with E-state index in [0.29, 0.717) is 27.7 Å². The van der Waals surface area contributed by atoms with Gasteiger partial charge in [-0.3, -0.25) is 4.79 Å². The van der Waals surface area contributed by atoms with E-state index in [1.165, 1.54) is 12.8 Å². The minimum absolute atomic E-state index is 0.224. The Kier molecular flexibility index (Phi) is 4.72. The van der Waals surface area contributed by atoms with E-state index in [0.717, 1.165) is 12.8 Å². The van der Waals surface area contributed by atoms with Crippen molar-refractivity contribution >= 4 is 28.9 Å². The van der Waals surface area contributed by atoms with Crippen LogP contribution in [0.25, 0.3) is 0 Å². The monoisotopic (exact) mass is 330 g/mol. The molecule has 0 aliphatic heterocycles. The number of hydrogen-bond acceptors (Lipinski definition) is 3. The third-order valence-corrected chi connectivity index (χ3v) is 4.23. The number of carbonyl (C=O) groups is 1. The standard InChI is InChI=1S/C18H19ClN2O2/c19-16-11-14(8-9-17(16)23-15-6-1-2-7-15)21-18(22)12-4-3-5-13(20)10-12/h3-5,8-11,15H,1-2,6-7,20H2,(H,21,22). The summed E-state index contributed by atoms with van der Waals surface area (Å²) in [5, 5.41) is 3.31. The van der Waals surface area contributed by atoms with Crippen LogP contribution in [0.4, 0.5) is 11.4 Å². The van der Waals surface area contributed by atoms with E-state index in [9.17, 15) is 4.79 Å². The van der Waals surface area contributed by atoms with Crippen LogP contribution < -0.4 is 15.8 Å². The van der Waals surface area contributed by atoms with Gasteiger partial charge in [-0.05, 0) is 62.1 Å². The number of nitrogen functional groups attached to an aromatic ring is 1. The minimum atomic E-state index is -0.224. The van der Waals surface area contributed by atoms with Crippen LogP contribution in [-0.4, -0.2) is 12.0 Å². The molecular weight excluding hydrogens is 312 g/mol. The van der Waals surface area contributed by atoms with Crippen molar-refractivity contribution in [3.8, 4) is 5.75 Å². The molecule has 3 rings (SSSR count). The lowest BCUT2D eigenvalue weighted by molar-refractivity contribution is 0.102. The van der Waals surface area contributed by atoms with Crippen molar-refractivity contribution in [3.63, 3.8) is 0 Å². The summed E-state index contributed by atoms with van der Waals surface area (Å²) in [5.41, 5.74) is 7.38. The number of rotatable bonds is 4. The fourth-order valence-electron chi connectivity index (χ4n) is 2.74. The molecule has 1 amide bonds. The molecule has 1 aliphatic rings. The molecule has 0 atom stereocenters. The number of benzene rings is 2. The molecular formula is C18H19ClN2O2. The van der Waals surface area contributed by atoms with Crippen LogP contribution in [0.5, 0.6) is 5.75 Å². The number of hydrogen-bond donors (Lipinski definition) is 2. The first-order valence-electron chi connectivity index (χ1n) is 7.75. The van der Waals surface area contributed by atoms with Gasteiger partial charge < -0.3 is 15.8 Å². The maximum Gasteiger partial charge on any atom is 0.255 e. The predicted octanol–water partition coefficient (Wildman–Crippen LogP) is 4.50. The van der Waals surface area contributed by atoms with Gasteiger partial charge in [0.2, 0.25) is 0 Å². The van der Waals surface area contributed by atoms with Gasteiger partial charge in [0.25, 0.3) is 5.91 Å². The average Bonchev–Trinajstić information content (AvgIpc) is 3.03. The Balaban J connectivity index is 1.68. The van der Waals surface area contributed by atoms with E-state index in [4.69, 9.17) is 22.1 Å². The molecule has 5 heteroatoms. The lowest BCUT2D eigenvalue weighted by Gasteiger charge is -2.15. The molecule has 1 aliphatic carbocycles. The summed E-state index contributed by atoms with van der Waals surface area (Å²) < 4.78 is 5.91. The normalized spacial score (nSPS) is 14.7. The topological polar surface area (TPSA) is 64.4 Å². The first-order chi connectivity index (χ1) is 11.1. The number of nitrogens with one attached hydrogen (secondary N) is 1. The molecule has 0 aromatic heterocycles. The maximum absolute atomic E-state index is 12.2. The first kappa shape index (κ1) is 15.7. The van der Waals surface area contributed by atoms with Crippen LogP contribution in [0.2, 0.25) is 5.02 Å². The summed E-state index contributed by atoms with van der Waals surface area (Å²) in [4.78, 5) is 12.2. The molecule has 0 bridgehead atoms. The first-order valence-corrected chi connectivity index (χ1v) is 8.13. The second kappa shape index (κ2) is 6.92. The molecule has 120 valence electrons. The fraction of sp³-hybridized carbons (Fsp3) is 0.278. The number of carbonyl (C=O) groups excluding carboxylic acids is 1. The zero-order valence-corrected chi connectivity index (χ0v) is 13.5. The van der Waals surface area contributed by atoms with Crippen LogP contribution in [0, 0.1) is 0 Å². The highest BCUT2D eigenvalue weighted by molar-refractivity contribution is 6.32. The molecule has 1 saturated carbocycles.